The molecule has 1 aromatic heterocycles. The molecule has 1 fully saturated rings. The van der Waals surface area contributed by atoms with Gasteiger partial charge in [-0.25, -0.2) is 0 Å². The summed E-state index contributed by atoms with van der Waals surface area (Å²) < 4.78 is 0. The van der Waals surface area contributed by atoms with Crippen molar-refractivity contribution >= 4 is 0 Å². The summed E-state index contributed by atoms with van der Waals surface area (Å²) >= 11 is 0. The first-order valence-corrected chi connectivity index (χ1v) is 6.74. The molecular formula is C14H23N3O. The van der Waals surface area contributed by atoms with Crippen molar-refractivity contribution in [1.29, 1.82) is 0 Å². The van der Waals surface area contributed by atoms with E-state index < -0.39 is 0 Å². The summed E-state index contributed by atoms with van der Waals surface area (Å²) in [6.07, 6.45) is 7.65. The largest absolute Gasteiger partial charge is 0.391 e. The molecule has 3 unspecified atom stereocenters. The van der Waals surface area contributed by atoms with Gasteiger partial charge in [0, 0.05) is 31.0 Å². The van der Waals surface area contributed by atoms with Crippen LogP contribution in [0.1, 0.15) is 37.3 Å². The Balaban J connectivity index is 2.12. The summed E-state index contributed by atoms with van der Waals surface area (Å²) in [6, 6.07) is 4.39. The maximum absolute atomic E-state index is 10.1. The molecule has 2 rings (SSSR count). The molecule has 100 valence electrons. The molecule has 3 N–H and O–H groups in total. The van der Waals surface area contributed by atoms with E-state index in [-0.39, 0.29) is 18.2 Å². The van der Waals surface area contributed by atoms with Gasteiger partial charge in [-0.05, 0) is 37.6 Å². The van der Waals surface area contributed by atoms with Crippen LogP contribution in [0.25, 0.3) is 0 Å². The predicted molar refractivity (Wildman–Crippen MR) is 72.1 cm³/mol. The summed E-state index contributed by atoms with van der Waals surface area (Å²) in [5.74, 6) is 0. The van der Waals surface area contributed by atoms with Gasteiger partial charge in [0.05, 0.1) is 6.10 Å². The molecule has 0 aromatic carbocycles. The lowest BCUT2D eigenvalue weighted by molar-refractivity contribution is 0.0137. The zero-order valence-corrected chi connectivity index (χ0v) is 11.0. The third-order valence-corrected chi connectivity index (χ3v) is 4.02. The minimum Gasteiger partial charge on any atom is -0.391 e. The highest BCUT2D eigenvalue weighted by Crippen LogP contribution is 2.28. The van der Waals surface area contributed by atoms with Crippen molar-refractivity contribution in [3.05, 3.63) is 30.1 Å². The van der Waals surface area contributed by atoms with Crippen molar-refractivity contribution in [3.8, 4) is 0 Å². The van der Waals surface area contributed by atoms with Gasteiger partial charge in [-0.1, -0.05) is 12.8 Å². The van der Waals surface area contributed by atoms with E-state index in [0.717, 1.165) is 19.3 Å². The summed E-state index contributed by atoms with van der Waals surface area (Å²) in [5.41, 5.74) is 7.09. The number of nitrogens with two attached hydrogens (primary N) is 1. The molecule has 4 heteroatoms. The van der Waals surface area contributed by atoms with E-state index in [4.69, 9.17) is 5.73 Å². The number of aromatic nitrogens is 1. The van der Waals surface area contributed by atoms with Crippen LogP contribution in [0.15, 0.2) is 24.5 Å². The van der Waals surface area contributed by atoms with Gasteiger partial charge < -0.3 is 10.8 Å². The Morgan fingerprint density at radius 1 is 1.39 bits per heavy atom. The van der Waals surface area contributed by atoms with E-state index in [1.807, 2.05) is 12.1 Å². The molecule has 0 bridgehead atoms. The number of aliphatic hydroxyl groups excluding tert-OH is 1. The van der Waals surface area contributed by atoms with Crippen LogP contribution in [0.2, 0.25) is 0 Å². The van der Waals surface area contributed by atoms with Crippen molar-refractivity contribution in [1.82, 2.24) is 9.88 Å². The molecule has 1 heterocycles. The highest BCUT2D eigenvalue weighted by Gasteiger charge is 2.30. The van der Waals surface area contributed by atoms with Gasteiger partial charge in [-0.15, -0.1) is 0 Å². The highest BCUT2D eigenvalue weighted by molar-refractivity contribution is 5.16. The number of rotatable bonds is 4. The topological polar surface area (TPSA) is 62.4 Å². The Morgan fingerprint density at radius 2 is 2.06 bits per heavy atom. The predicted octanol–water partition coefficient (Wildman–Crippen LogP) is 1.32. The first kappa shape index (κ1) is 13.5. The van der Waals surface area contributed by atoms with Gasteiger partial charge in [0.25, 0.3) is 0 Å². The Labute approximate surface area is 109 Å². The van der Waals surface area contributed by atoms with Gasteiger partial charge in [-0.3, -0.25) is 9.88 Å². The maximum Gasteiger partial charge on any atom is 0.0695 e. The normalized spacial score (nSPS) is 26.2. The summed E-state index contributed by atoms with van der Waals surface area (Å²) in [4.78, 5) is 6.28. The zero-order chi connectivity index (χ0) is 13.0. The molecule has 3 atom stereocenters. The lowest BCUT2D eigenvalue weighted by Crippen LogP contribution is -2.46. The van der Waals surface area contributed by atoms with Crippen LogP contribution >= 0.6 is 0 Å². The van der Waals surface area contributed by atoms with Gasteiger partial charge in [0.15, 0.2) is 0 Å². The minimum atomic E-state index is -0.223. The first-order valence-electron chi connectivity index (χ1n) is 6.74. The molecule has 4 nitrogen and oxygen atoms in total. The second-order valence-electron chi connectivity index (χ2n) is 5.12. The molecule has 0 aliphatic heterocycles. The third-order valence-electron chi connectivity index (χ3n) is 4.02. The van der Waals surface area contributed by atoms with Crippen molar-refractivity contribution in [3.63, 3.8) is 0 Å². The lowest BCUT2D eigenvalue weighted by atomic mass is 9.90. The van der Waals surface area contributed by atoms with Crippen molar-refractivity contribution in [2.75, 3.05) is 13.6 Å². The van der Waals surface area contributed by atoms with Gasteiger partial charge in [0.1, 0.15) is 0 Å². The summed E-state index contributed by atoms with van der Waals surface area (Å²) in [5, 5.41) is 10.1. The number of nitrogens with zero attached hydrogens (tertiary/aromatic N) is 2. The lowest BCUT2D eigenvalue weighted by Gasteiger charge is -2.39. The van der Waals surface area contributed by atoms with E-state index in [2.05, 4.69) is 16.9 Å². The van der Waals surface area contributed by atoms with Crippen LogP contribution in [0.3, 0.4) is 0 Å². The van der Waals surface area contributed by atoms with Crippen molar-refractivity contribution in [2.24, 2.45) is 5.73 Å². The average molecular weight is 249 g/mol. The van der Waals surface area contributed by atoms with Crippen LogP contribution in [0, 0.1) is 0 Å². The molecule has 1 aromatic rings. The fraction of sp³-hybridized carbons (Fsp3) is 0.643. The van der Waals surface area contributed by atoms with Gasteiger partial charge in [-0.2, -0.15) is 0 Å². The Hall–Kier alpha value is -0.970. The van der Waals surface area contributed by atoms with Crippen molar-refractivity contribution in [2.45, 2.75) is 43.9 Å². The minimum absolute atomic E-state index is 0.158. The Kier molecular flexibility index (Phi) is 4.69. The summed E-state index contributed by atoms with van der Waals surface area (Å²) in [7, 11) is 2.07. The van der Waals surface area contributed by atoms with E-state index in [0.29, 0.717) is 6.54 Å². The SMILES string of the molecule is CN(C(CN)c1ccncc1)C1CCCCC1O. The average Bonchev–Trinajstić information content (AvgIpc) is 2.41. The quantitative estimate of drug-likeness (QED) is 0.844. The third kappa shape index (κ3) is 2.88. The van der Waals surface area contributed by atoms with E-state index in [1.54, 1.807) is 12.4 Å². The van der Waals surface area contributed by atoms with E-state index >= 15 is 0 Å². The van der Waals surface area contributed by atoms with E-state index in [9.17, 15) is 5.11 Å². The highest BCUT2D eigenvalue weighted by atomic mass is 16.3. The maximum atomic E-state index is 10.1. The smallest absolute Gasteiger partial charge is 0.0695 e. The van der Waals surface area contributed by atoms with E-state index in [1.165, 1.54) is 12.0 Å². The first-order chi connectivity index (χ1) is 8.74. The molecule has 0 spiro atoms. The van der Waals surface area contributed by atoms with Crippen LogP contribution < -0.4 is 5.73 Å². The Morgan fingerprint density at radius 3 is 2.67 bits per heavy atom. The molecule has 0 radical (unpaired) electrons. The molecule has 1 aliphatic carbocycles. The Bertz CT molecular complexity index is 357. The molecule has 1 saturated carbocycles. The zero-order valence-electron chi connectivity index (χ0n) is 11.0. The number of hydrogen-bond acceptors (Lipinski definition) is 4. The molecule has 1 aliphatic rings. The standard InChI is InChI=1S/C14H23N3O/c1-17(12-4-2-3-5-14(12)18)13(10-15)11-6-8-16-9-7-11/h6-9,12-14,18H,2-5,10,15H2,1H3. The summed E-state index contributed by atoms with van der Waals surface area (Å²) in [6.45, 7) is 0.559. The fourth-order valence-electron chi connectivity index (χ4n) is 2.92. The van der Waals surface area contributed by atoms with Crippen molar-refractivity contribution < 1.29 is 5.11 Å². The number of pyridine rings is 1. The van der Waals surface area contributed by atoms with Gasteiger partial charge >= 0.3 is 0 Å². The fourth-order valence-corrected chi connectivity index (χ4v) is 2.92. The molecule has 18 heavy (non-hydrogen) atoms. The monoisotopic (exact) mass is 249 g/mol. The number of hydrogen-bond donors (Lipinski definition) is 2. The van der Waals surface area contributed by atoms with Crippen LogP contribution in [0.5, 0.6) is 0 Å². The van der Waals surface area contributed by atoms with Crippen LogP contribution in [-0.4, -0.2) is 40.7 Å². The molecule has 0 saturated heterocycles. The molecular weight excluding hydrogens is 226 g/mol. The molecule has 0 amide bonds. The van der Waals surface area contributed by atoms with Crippen LogP contribution in [-0.2, 0) is 0 Å². The van der Waals surface area contributed by atoms with Gasteiger partial charge in [0.2, 0.25) is 0 Å². The number of likely N-dealkylation sites (N-methyl/N-ethyl adjacent to an activating group) is 1. The second-order valence-corrected chi connectivity index (χ2v) is 5.12. The van der Waals surface area contributed by atoms with Crippen LogP contribution in [0.4, 0.5) is 0 Å². The number of aliphatic hydroxyl groups is 1. The second kappa shape index (κ2) is 6.27.